The van der Waals surface area contributed by atoms with E-state index < -0.39 is 0 Å². The molecule has 4 nitrogen and oxygen atoms in total. The third-order valence-electron chi connectivity index (χ3n) is 1.66. The minimum absolute atomic E-state index is 0.475. The van der Waals surface area contributed by atoms with Crippen LogP contribution in [0.5, 0.6) is 0 Å². The summed E-state index contributed by atoms with van der Waals surface area (Å²) in [5, 5.41) is 3.94. The second-order valence-corrected chi connectivity index (χ2v) is 3.67. The Morgan fingerprint density at radius 2 is 2.38 bits per heavy atom. The van der Waals surface area contributed by atoms with Crippen molar-refractivity contribution < 1.29 is 0 Å². The zero-order valence-electron chi connectivity index (χ0n) is 6.93. The summed E-state index contributed by atoms with van der Waals surface area (Å²) in [4.78, 5) is 6.84. The smallest absolute Gasteiger partial charge is 0.181 e. The molecule has 0 spiro atoms. The van der Waals surface area contributed by atoms with Gasteiger partial charge in [0.2, 0.25) is 0 Å². The number of nitrogens with zero attached hydrogens (tertiary/aromatic N) is 4. The molecule has 1 aromatic carbocycles. The zero-order valence-corrected chi connectivity index (χ0v) is 7.75. The molecule has 0 amide bonds. The molecule has 0 aliphatic heterocycles. The molecule has 0 aliphatic carbocycles. The van der Waals surface area contributed by atoms with Gasteiger partial charge in [0.25, 0.3) is 0 Å². The average Bonchev–Trinajstić information content (AvgIpc) is 2.46. The van der Waals surface area contributed by atoms with Crippen molar-refractivity contribution in [3.63, 3.8) is 0 Å². The summed E-state index contributed by atoms with van der Waals surface area (Å²) in [6.07, 6.45) is 0. The monoisotopic (exact) mass is 190 g/mol. The molecule has 0 radical (unpaired) electrons. The maximum Gasteiger partial charge on any atom is 0.181 e. The predicted molar refractivity (Wildman–Crippen MR) is 53.2 cm³/mol. The minimum Gasteiger partial charge on any atom is -0.235 e. The fourth-order valence-corrected chi connectivity index (χ4v) is 1.98. The summed E-state index contributed by atoms with van der Waals surface area (Å²) >= 11 is 1.40. The van der Waals surface area contributed by atoms with E-state index in [4.69, 9.17) is 5.53 Å². The Hall–Kier alpha value is -1.58. The molecule has 0 bridgehead atoms. The molecule has 0 aliphatic rings. The number of thiazole rings is 1. The number of aryl methyl sites for hydroxylation is 1. The molecule has 1 aromatic heterocycles. The molecule has 0 atom stereocenters. The van der Waals surface area contributed by atoms with Crippen molar-refractivity contribution in [2.24, 2.45) is 5.11 Å². The summed E-state index contributed by atoms with van der Waals surface area (Å²) in [7, 11) is 0. The molecule has 13 heavy (non-hydrogen) atoms. The lowest BCUT2D eigenvalue weighted by molar-refractivity contribution is 1.38. The second-order valence-electron chi connectivity index (χ2n) is 2.66. The molecule has 0 N–H and O–H groups in total. The number of azide groups is 1. The summed E-state index contributed by atoms with van der Waals surface area (Å²) in [6.45, 7) is 2.02. The Morgan fingerprint density at radius 3 is 3.15 bits per heavy atom. The normalized spacial score (nSPS) is 9.92. The molecule has 0 saturated heterocycles. The summed E-state index contributed by atoms with van der Waals surface area (Å²) in [6, 6.07) is 5.95. The van der Waals surface area contributed by atoms with E-state index in [0.717, 1.165) is 10.2 Å². The van der Waals surface area contributed by atoms with Gasteiger partial charge in [-0.2, -0.15) is 0 Å². The number of rotatable bonds is 1. The van der Waals surface area contributed by atoms with Crippen LogP contribution in [0, 0.1) is 6.92 Å². The van der Waals surface area contributed by atoms with Crippen LogP contribution >= 0.6 is 11.3 Å². The lowest BCUT2D eigenvalue weighted by Crippen LogP contribution is -1.69. The molecule has 2 aromatic rings. The van der Waals surface area contributed by atoms with Crippen molar-refractivity contribution >= 4 is 26.7 Å². The van der Waals surface area contributed by atoms with Crippen LogP contribution in [0.25, 0.3) is 20.7 Å². The lowest BCUT2D eigenvalue weighted by atomic mass is 10.2. The predicted octanol–water partition coefficient (Wildman–Crippen LogP) is 3.55. The third-order valence-corrected chi connectivity index (χ3v) is 2.57. The van der Waals surface area contributed by atoms with Crippen molar-refractivity contribution in [1.82, 2.24) is 4.98 Å². The van der Waals surface area contributed by atoms with Crippen molar-refractivity contribution in [2.45, 2.75) is 6.92 Å². The number of hydrogen-bond acceptors (Lipinski definition) is 3. The first-order chi connectivity index (χ1) is 6.29. The molecule has 64 valence electrons. The topological polar surface area (TPSA) is 61.7 Å². The summed E-state index contributed by atoms with van der Waals surface area (Å²) < 4.78 is 1.06. The van der Waals surface area contributed by atoms with Gasteiger partial charge in [-0.05, 0) is 35.3 Å². The molecule has 2 rings (SSSR count). The summed E-state index contributed by atoms with van der Waals surface area (Å²) in [5.74, 6) is 0. The standard InChI is InChI=1S/C8H6N4S/c1-5-2-3-6-7(4-5)13-8(10-6)11-12-9/h2-4H,1H3. The minimum atomic E-state index is 0.475. The van der Waals surface area contributed by atoms with E-state index >= 15 is 0 Å². The Balaban J connectivity index is 2.68. The summed E-state index contributed by atoms with van der Waals surface area (Å²) in [5.41, 5.74) is 10.3. The van der Waals surface area contributed by atoms with Gasteiger partial charge in [-0.1, -0.05) is 6.07 Å². The van der Waals surface area contributed by atoms with Gasteiger partial charge >= 0.3 is 0 Å². The van der Waals surface area contributed by atoms with Crippen molar-refractivity contribution in [2.75, 3.05) is 0 Å². The highest BCUT2D eigenvalue weighted by molar-refractivity contribution is 7.21. The first kappa shape index (κ1) is 8.04. The SMILES string of the molecule is Cc1ccc2nc(N=[N+]=[N-])sc2c1. The first-order valence-corrected chi connectivity index (χ1v) is 4.53. The van der Waals surface area contributed by atoms with Crippen LogP contribution in [-0.2, 0) is 0 Å². The van der Waals surface area contributed by atoms with Gasteiger partial charge in [-0.3, -0.25) is 0 Å². The Bertz CT molecular complexity index is 496. The van der Waals surface area contributed by atoms with E-state index in [1.165, 1.54) is 16.9 Å². The molecule has 0 unspecified atom stereocenters. The largest absolute Gasteiger partial charge is 0.235 e. The van der Waals surface area contributed by atoms with Crippen LogP contribution in [-0.4, -0.2) is 4.98 Å². The zero-order chi connectivity index (χ0) is 9.26. The fraction of sp³-hybridized carbons (Fsp3) is 0.125. The number of aromatic nitrogens is 1. The Labute approximate surface area is 78.5 Å². The van der Waals surface area contributed by atoms with Crippen LogP contribution in [0.15, 0.2) is 23.3 Å². The quantitative estimate of drug-likeness (QED) is 0.385. The average molecular weight is 190 g/mol. The van der Waals surface area contributed by atoms with E-state index in [1.807, 2.05) is 25.1 Å². The molecule has 0 fully saturated rings. The lowest BCUT2D eigenvalue weighted by Gasteiger charge is -1.88. The van der Waals surface area contributed by atoms with Crippen LogP contribution in [0.2, 0.25) is 0 Å². The van der Waals surface area contributed by atoms with Crippen LogP contribution in [0.4, 0.5) is 5.13 Å². The molecule has 1 heterocycles. The Kier molecular flexibility index (Phi) is 1.88. The van der Waals surface area contributed by atoms with Gasteiger partial charge < -0.3 is 0 Å². The highest BCUT2D eigenvalue weighted by Gasteiger charge is 2.00. The molecular formula is C8H6N4S. The highest BCUT2D eigenvalue weighted by atomic mass is 32.1. The van der Waals surface area contributed by atoms with Crippen LogP contribution in [0.1, 0.15) is 5.56 Å². The number of fused-ring (bicyclic) bond motifs is 1. The van der Waals surface area contributed by atoms with Gasteiger partial charge in [0, 0.05) is 4.91 Å². The van der Waals surface area contributed by atoms with Crippen molar-refractivity contribution in [3.8, 4) is 0 Å². The maximum absolute atomic E-state index is 8.22. The van der Waals surface area contributed by atoms with Crippen LogP contribution in [0.3, 0.4) is 0 Å². The van der Waals surface area contributed by atoms with Gasteiger partial charge in [0.1, 0.15) is 0 Å². The molecule has 5 heteroatoms. The maximum atomic E-state index is 8.22. The first-order valence-electron chi connectivity index (χ1n) is 3.72. The van der Waals surface area contributed by atoms with Gasteiger partial charge in [0.05, 0.1) is 10.2 Å². The second kappa shape index (κ2) is 3.05. The Morgan fingerprint density at radius 1 is 1.54 bits per heavy atom. The third kappa shape index (κ3) is 1.47. The van der Waals surface area contributed by atoms with Crippen molar-refractivity contribution in [1.29, 1.82) is 0 Å². The van der Waals surface area contributed by atoms with E-state index in [-0.39, 0.29) is 0 Å². The fourth-order valence-electron chi connectivity index (χ4n) is 1.10. The van der Waals surface area contributed by atoms with Crippen molar-refractivity contribution in [3.05, 3.63) is 34.2 Å². The van der Waals surface area contributed by atoms with E-state index in [2.05, 4.69) is 15.0 Å². The number of hydrogen-bond donors (Lipinski definition) is 0. The van der Waals surface area contributed by atoms with Gasteiger partial charge in [-0.15, -0.1) is 11.3 Å². The van der Waals surface area contributed by atoms with Gasteiger partial charge in [0.15, 0.2) is 5.13 Å². The number of benzene rings is 1. The highest BCUT2D eigenvalue weighted by Crippen LogP contribution is 2.28. The van der Waals surface area contributed by atoms with E-state index in [1.54, 1.807) is 0 Å². The van der Waals surface area contributed by atoms with Crippen LogP contribution < -0.4 is 0 Å². The molecular weight excluding hydrogens is 184 g/mol. The molecule has 0 saturated carbocycles. The van der Waals surface area contributed by atoms with Gasteiger partial charge in [-0.25, -0.2) is 4.98 Å². The van der Waals surface area contributed by atoms with E-state index in [9.17, 15) is 0 Å². The van der Waals surface area contributed by atoms with E-state index in [0.29, 0.717) is 5.13 Å².